The summed E-state index contributed by atoms with van der Waals surface area (Å²) in [7, 11) is 0. The third-order valence-electron chi connectivity index (χ3n) is 5.43. The van der Waals surface area contributed by atoms with Crippen LogP contribution in [0.3, 0.4) is 0 Å². The summed E-state index contributed by atoms with van der Waals surface area (Å²) in [6, 6.07) is 6.32. The van der Waals surface area contributed by atoms with Crippen LogP contribution in [-0.4, -0.2) is 59.9 Å². The minimum atomic E-state index is -0.844. The number of dihydropyridines is 1. The van der Waals surface area contributed by atoms with Gasteiger partial charge in [0.25, 0.3) is 5.91 Å². The van der Waals surface area contributed by atoms with Gasteiger partial charge in [-0.1, -0.05) is 18.2 Å². The van der Waals surface area contributed by atoms with Crippen LogP contribution in [0.5, 0.6) is 0 Å². The number of halogens is 1. The zero-order chi connectivity index (χ0) is 19.0. The van der Waals surface area contributed by atoms with Crippen LogP contribution >= 0.6 is 0 Å². The number of amides is 3. The summed E-state index contributed by atoms with van der Waals surface area (Å²) in [5.41, 5.74) is 0.992. The fourth-order valence-electron chi connectivity index (χ4n) is 3.75. The minimum absolute atomic E-state index is 0.0603. The molecule has 1 saturated heterocycles. The van der Waals surface area contributed by atoms with Crippen molar-refractivity contribution in [3.63, 3.8) is 0 Å². The van der Waals surface area contributed by atoms with Crippen LogP contribution in [-0.2, 0) is 14.4 Å². The van der Waals surface area contributed by atoms with Crippen LogP contribution < -0.4 is 0 Å². The lowest BCUT2D eigenvalue weighted by atomic mass is 10.0. The number of carbonyl (C=O) groups excluding carboxylic acids is 3. The number of rotatable bonds is 3. The Labute approximate surface area is 156 Å². The predicted molar refractivity (Wildman–Crippen MR) is 96.5 cm³/mol. The summed E-state index contributed by atoms with van der Waals surface area (Å²) >= 11 is 0. The molecule has 1 aromatic carbocycles. The lowest BCUT2D eigenvalue weighted by Crippen LogP contribution is -2.53. The summed E-state index contributed by atoms with van der Waals surface area (Å²) in [5, 5.41) is 0. The van der Waals surface area contributed by atoms with Crippen LogP contribution in [0.25, 0.3) is 0 Å². The molecule has 27 heavy (non-hydrogen) atoms. The van der Waals surface area contributed by atoms with Crippen molar-refractivity contribution in [2.45, 2.75) is 12.3 Å². The van der Waals surface area contributed by atoms with Gasteiger partial charge in [-0.15, -0.1) is 0 Å². The SMILES string of the molecule is O=C1N=CC=CC1C(=O)N1CCN(C(=O)C2CC2c2ccc(F)cc2)CC1. The molecule has 1 saturated carbocycles. The highest BCUT2D eigenvalue weighted by Crippen LogP contribution is 2.48. The van der Waals surface area contributed by atoms with E-state index < -0.39 is 11.8 Å². The molecule has 7 heteroatoms. The normalized spacial score (nSPS) is 27.0. The Kier molecular flexibility index (Phi) is 4.59. The molecule has 4 rings (SSSR count). The van der Waals surface area contributed by atoms with Gasteiger partial charge in [0.05, 0.1) is 0 Å². The molecule has 0 radical (unpaired) electrons. The molecular weight excluding hydrogens is 349 g/mol. The Morgan fingerprint density at radius 1 is 1.00 bits per heavy atom. The van der Waals surface area contributed by atoms with Crippen LogP contribution in [0.2, 0.25) is 0 Å². The number of aliphatic imine (C=N–C) groups is 1. The number of carbonyl (C=O) groups is 3. The molecule has 0 spiro atoms. The predicted octanol–water partition coefficient (Wildman–Crippen LogP) is 1.38. The van der Waals surface area contributed by atoms with Crippen LogP contribution in [0.4, 0.5) is 4.39 Å². The number of hydrogen-bond donors (Lipinski definition) is 0. The second-order valence-electron chi connectivity index (χ2n) is 7.13. The van der Waals surface area contributed by atoms with E-state index in [0.29, 0.717) is 26.2 Å². The standard InChI is InChI=1S/C20H20FN3O3/c21-14-5-3-13(4-6-14)16-12-17(16)20(27)24-10-8-23(9-11-24)19(26)15-2-1-7-22-18(15)25/h1-7,15-17H,8-12H2. The molecule has 2 fully saturated rings. The van der Waals surface area contributed by atoms with Gasteiger partial charge in [0.15, 0.2) is 0 Å². The Balaban J connectivity index is 1.30. The van der Waals surface area contributed by atoms with Crippen molar-refractivity contribution in [1.82, 2.24) is 9.80 Å². The number of nitrogens with zero attached hydrogens (tertiary/aromatic N) is 3. The molecular formula is C20H20FN3O3. The van der Waals surface area contributed by atoms with Gasteiger partial charge in [-0.2, -0.15) is 0 Å². The van der Waals surface area contributed by atoms with Gasteiger partial charge in [0.2, 0.25) is 11.8 Å². The Bertz CT molecular complexity index is 825. The summed E-state index contributed by atoms with van der Waals surface area (Å²) in [4.78, 5) is 44.0. The summed E-state index contributed by atoms with van der Waals surface area (Å²) < 4.78 is 13.0. The fraction of sp³-hybridized carbons (Fsp3) is 0.400. The van der Waals surface area contributed by atoms with Gasteiger partial charge in [0, 0.05) is 38.3 Å². The van der Waals surface area contributed by atoms with E-state index in [1.807, 2.05) is 0 Å². The first-order valence-electron chi connectivity index (χ1n) is 9.12. The van der Waals surface area contributed by atoms with E-state index in [-0.39, 0.29) is 29.5 Å². The first-order valence-corrected chi connectivity index (χ1v) is 9.12. The van der Waals surface area contributed by atoms with Crippen LogP contribution in [0.15, 0.2) is 41.4 Å². The average molecular weight is 369 g/mol. The number of piperazine rings is 1. The van der Waals surface area contributed by atoms with E-state index in [4.69, 9.17) is 0 Å². The number of benzene rings is 1. The molecule has 0 bridgehead atoms. The first-order chi connectivity index (χ1) is 13.0. The quantitative estimate of drug-likeness (QED) is 0.756. The maximum absolute atomic E-state index is 13.0. The Morgan fingerprint density at radius 3 is 2.26 bits per heavy atom. The molecule has 3 amide bonds. The van der Waals surface area contributed by atoms with Crippen LogP contribution in [0.1, 0.15) is 17.9 Å². The topological polar surface area (TPSA) is 70.1 Å². The zero-order valence-corrected chi connectivity index (χ0v) is 14.8. The van der Waals surface area contributed by atoms with Gasteiger partial charge in [0.1, 0.15) is 11.7 Å². The largest absolute Gasteiger partial charge is 0.339 e. The van der Waals surface area contributed by atoms with E-state index in [1.165, 1.54) is 18.3 Å². The van der Waals surface area contributed by atoms with Gasteiger partial charge >= 0.3 is 0 Å². The highest BCUT2D eigenvalue weighted by atomic mass is 19.1. The molecule has 0 aromatic heterocycles. The molecule has 140 valence electrons. The van der Waals surface area contributed by atoms with E-state index >= 15 is 0 Å². The molecule has 6 nitrogen and oxygen atoms in total. The highest BCUT2D eigenvalue weighted by molar-refractivity contribution is 6.07. The summed E-state index contributed by atoms with van der Waals surface area (Å²) in [6.07, 6.45) is 5.33. The molecule has 3 unspecified atom stereocenters. The monoisotopic (exact) mass is 369 g/mol. The lowest BCUT2D eigenvalue weighted by Gasteiger charge is -2.36. The number of allylic oxidation sites excluding steroid dienone is 1. The molecule has 2 heterocycles. The van der Waals surface area contributed by atoms with Crippen molar-refractivity contribution < 1.29 is 18.8 Å². The first kappa shape index (κ1) is 17.6. The molecule has 1 aliphatic carbocycles. The summed E-state index contributed by atoms with van der Waals surface area (Å²) in [5.74, 6) is -1.63. The van der Waals surface area contributed by atoms with Gasteiger partial charge < -0.3 is 9.80 Å². The average Bonchev–Trinajstić information content (AvgIpc) is 3.49. The van der Waals surface area contributed by atoms with Crippen molar-refractivity contribution in [2.24, 2.45) is 16.8 Å². The molecule has 1 aromatic rings. The van der Waals surface area contributed by atoms with Gasteiger partial charge in [-0.25, -0.2) is 9.38 Å². The Morgan fingerprint density at radius 2 is 1.63 bits per heavy atom. The fourth-order valence-corrected chi connectivity index (χ4v) is 3.75. The molecule has 3 atom stereocenters. The van der Waals surface area contributed by atoms with Gasteiger partial charge in [-0.05, 0) is 36.1 Å². The van der Waals surface area contributed by atoms with E-state index in [1.54, 1.807) is 34.1 Å². The lowest BCUT2D eigenvalue weighted by molar-refractivity contribution is -0.144. The van der Waals surface area contributed by atoms with Crippen molar-refractivity contribution in [3.05, 3.63) is 47.8 Å². The zero-order valence-electron chi connectivity index (χ0n) is 14.8. The second-order valence-corrected chi connectivity index (χ2v) is 7.13. The highest BCUT2D eigenvalue weighted by Gasteiger charge is 2.46. The van der Waals surface area contributed by atoms with Crippen LogP contribution in [0, 0.1) is 17.7 Å². The van der Waals surface area contributed by atoms with Crippen molar-refractivity contribution in [2.75, 3.05) is 26.2 Å². The van der Waals surface area contributed by atoms with E-state index in [2.05, 4.69) is 4.99 Å². The second kappa shape index (κ2) is 7.06. The molecule has 0 N–H and O–H groups in total. The summed E-state index contributed by atoms with van der Waals surface area (Å²) in [6.45, 7) is 1.76. The maximum Gasteiger partial charge on any atom is 0.262 e. The van der Waals surface area contributed by atoms with Crippen molar-refractivity contribution >= 4 is 23.9 Å². The third kappa shape index (κ3) is 3.54. The third-order valence-corrected chi connectivity index (χ3v) is 5.43. The van der Waals surface area contributed by atoms with E-state index in [0.717, 1.165) is 12.0 Å². The maximum atomic E-state index is 13.0. The minimum Gasteiger partial charge on any atom is -0.339 e. The van der Waals surface area contributed by atoms with Crippen molar-refractivity contribution in [1.29, 1.82) is 0 Å². The number of hydrogen-bond acceptors (Lipinski definition) is 3. The molecule has 3 aliphatic rings. The van der Waals surface area contributed by atoms with E-state index in [9.17, 15) is 18.8 Å². The molecule has 2 aliphatic heterocycles. The smallest absolute Gasteiger partial charge is 0.262 e. The van der Waals surface area contributed by atoms with Gasteiger partial charge in [-0.3, -0.25) is 14.4 Å². The Hall–Kier alpha value is -2.83. The van der Waals surface area contributed by atoms with Crippen molar-refractivity contribution in [3.8, 4) is 0 Å².